The molecule has 1 heterocycles. The van der Waals surface area contributed by atoms with Gasteiger partial charge in [0.25, 0.3) is 0 Å². The summed E-state index contributed by atoms with van der Waals surface area (Å²) < 4.78 is 36.8. The fourth-order valence-electron chi connectivity index (χ4n) is 1.05. The molecule has 0 fully saturated rings. The number of hydrogen-bond donors (Lipinski definition) is 1. The van der Waals surface area contributed by atoms with Crippen molar-refractivity contribution in [1.29, 1.82) is 0 Å². The van der Waals surface area contributed by atoms with Crippen LogP contribution in [0.3, 0.4) is 0 Å². The van der Waals surface area contributed by atoms with Crippen molar-refractivity contribution >= 4 is 0 Å². The Morgan fingerprint density at radius 1 is 1.43 bits per heavy atom. The van der Waals surface area contributed by atoms with Crippen LogP contribution in [0, 0.1) is 0 Å². The first kappa shape index (κ1) is 11.0. The summed E-state index contributed by atoms with van der Waals surface area (Å²) >= 11 is 0. The van der Waals surface area contributed by atoms with Crippen LogP contribution >= 0.6 is 0 Å². The van der Waals surface area contributed by atoms with Crippen molar-refractivity contribution in [3.8, 4) is 0 Å². The summed E-state index contributed by atoms with van der Waals surface area (Å²) in [6.45, 7) is 1.81. The number of aromatic nitrogens is 1. The highest BCUT2D eigenvalue weighted by Gasteiger charge is 2.31. The van der Waals surface area contributed by atoms with Gasteiger partial charge in [-0.1, -0.05) is 6.92 Å². The van der Waals surface area contributed by atoms with Crippen LogP contribution < -0.4 is 5.73 Å². The summed E-state index contributed by atoms with van der Waals surface area (Å²) in [6, 6.07) is 0.658. The van der Waals surface area contributed by atoms with E-state index in [0.717, 1.165) is 12.3 Å². The molecule has 0 radical (unpaired) electrons. The maximum Gasteiger partial charge on any atom is 0.417 e. The van der Waals surface area contributed by atoms with Crippen molar-refractivity contribution in [2.24, 2.45) is 5.73 Å². The van der Waals surface area contributed by atoms with E-state index >= 15 is 0 Å². The number of alkyl halides is 3. The van der Waals surface area contributed by atoms with Crippen LogP contribution in [0.2, 0.25) is 0 Å². The predicted octanol–water partition coefficient (Wildman–Crippen LogP) is 2.51. The molecule has 14 heavy (non-hydrogen) atoms. The Morgan fingerprint density at radius 3 is 2.57 bits per heavy atom. The topological polar surface area (TPSA) is 38.9 Å². The molecular formula is C9H11F3N2. The molecule has 2 nitrogen and oxygen atoms in total. The minimum absolute atomic E-state index is 0.384. The summed E-state index contributed by atoms with van der Waals surface area (Å²) in [5.74, 6) is 0. The fourth-order valence-corrected chi connectivity index (χ4v) is 1.05. The lowest BCUT2D eigenvalue weighted by Gasteiger charge is -2.11. The molecule has 0 bridgehead atoms. The largest absolute Gasteiger partial charge is 0.417 e. The predicted molar refractivity (Wildman–Crippen MR) is 46.5 cm³/mol. The number of hydrogen-bond acceptors (Lipinski definition) is 2. The van der Waals surface area contributed by atoms with Gasteiger partial charge in [-0.15, -0.1) is 0 Å². The van der Waals surface area contributed by atoms with E-state index in [9.17, 15) is 13.2 Å². The normalized spacial score (nSPS) is 14.1. The number of halogens is 3. The Hall–Kier alpha value is -1.10. The van der Waals surface area contributed by atoms with Crippen molar-refractivity contribution in [3.63, 3.8) is 0 Å². The maximum absolute atomic E-state index is 12.3. The standard InChI is InChI=1S/C9H11F3N2/c1-2-8(13)6-3-7(5-14-4-6)9(10,11)12/h3-5,8H,2,13H2,1H3/t8-/m0/s1. The van der Waals surface area contributed by atoms with Gasteiger partial charge in [0.05, 0.1) is 5.56 Å². The smallest absolute Gasteiger partial charge is 0.324 e. The van der Waals surface area contributed by atoms with Gasteiger partial charge >= 0.3 is 6.18 Å². The average molecular weight is 204 g/mol. The first-order valence-electron chi connectivity index (χ1n) is 4.23. The molecule has 0 saturated carbocycles. The van der Waals surface area contributed by atoms with E-state index in [-0.39, 0.29) is 6.04 Å². The Bertz CT molecular complexity index is 309. The molecule has 0 aromatic carbocycles. The first-order valence-corrected chi connectivity index (χ1v) is 4.23. The van der Waals surface area contributed by atoms with E-state index in [4.69, 9.17) is 5.73 Å². The van der Waals surface area contributed by atoms with Gasteiger partial charge in [0.15, 0.2) is 0 Å². The SMILES string of the molecule is CC[C@H](N)c1cncc(C(F)(F)F)c1. The minimum Gasteiger partial charge on any atom is -0.324 e. The van der Waals surface area contributed by atoms with Crippen molar-refractivity contribution in [1.82, 2.24) is 4.98 Å². The molecule has 0 aliphatic rings. The summed E-state index contributed by atoms with van der Waals surface area (Å²) in [4.78, 5) is 3.52. The molecule has 0 amide bonds. The van der Waals surface area contributed by atoms with Crippen LogP contribution in [-0.4, -0.2) is 4.98 Å². The number of pyridine rings is 1. The molecule has 0 aliphatic carbocycles. The molecular weight excluding hydrogens is 193 g/mol. The van der Waals surface area contributed by atoms with Crippen molar-refractivity contribution in [2.75, 3.05) is 0 Å². The second-order valence-electron chi connectivity index (χ2n) is 3.02. The second kappa shape index (κ2) is 3.96. The quantitative estimate of drug-likeness (QED) is 0.803. The molecule has 2 N–H and O–H groups in total. The monoisotopic (exact) mass is 204 g/mol. The molecule has 0 saturated heterocycles. The third kappa shape index (κ3) is 2.45. The molecule has 5 heteroatoms. The molecule has 1 atom stereocenters. The van der Waals surface area contributed by atoms with Crippen LogP contribution in [0.4, 0.5) is 13.2 Å². The summed E-state index contributed by atoms with van der Waals surface area (Å²) in [6.07, 6.45) is -1.60. The van der Waals surface area contributed by atoms with Crippen LogP contribution in [0.25, 0.3) is 0 Å². The number of nitrogens with two attached hydrogens (primary N) is 1. The van der Waals surface area contributed by atoms with Crippen molar-refractivity contribution in [2.45, 2.75) is 25.6 Å². The third-order valence-corrected chi connectivity index (χ3v) is 1.95. The Kier molecular flexibility index (Phi) is 3.10. The van der Waals surface area contributed by atoms with Crippen LogP contribution in [0.1, 0.15) is 30.5 Å². The van der Waals surface area contributed by atoms with E-state index in [1.165, 1.54) is 6.20 Å². The molecule has 1 rings (SSSR count). The maximum atomic E-state index is 12.3. The van der Waals surface area contributed by atoms with Crippen molar-refractivity contribution in [3.05, 3.63) is 29.6 Å². The van der Waals surface area contributed by atoms with E-state index in [1.807, 2.05) is 6.92 Å². The lowest BCUT2D eigenvalue weighted by Crippen LogP contribution is -2.12. The molecule has 0 spiro atoms. The summed E-state index contributed by atoms with van der Waals surface area (Å²) in [7, 11) is 0. The van der Waals surface area contributed by atoms with Gasteiger partial charge in [0.2, 0.25) is 0 Å². The van der Waals surface area contributed by atoms with E-state index < -0.39 is 11.7 Å². The minimum atomic E-state index is -4.35. The number of rotatable bonds is 2. The zero-order chi connectivity index (χ0) is 10.8. The first-order chi connectivity index (χ1) is 6.45. The summed E-state index contributed by atoms with van der Waals surface area (Å²) in [5, 5.41) is 0. The van der Waals surface area contributed by atoms with Gasteiger partial charge in [-0.05, 0) is 18.1 Å². The van der Waals surface area contributed by atoms with Gasteiger partial charge in [0.1, 0.15) is 0 Å². The summed E-state index contributed by atoms with van der Waals surface area (Å²) in [5.41, 5.74) is 5.27. The van der Waals surface area contributed by atoms with Gasteiger partial charge < -0.3 is 5.73 Å². The molecule has 78 valence electrons. The van der Waals surface area contributed by atoms with Gasteiger partial charge in [-0.25, -0.2) is 0 Å². The Labute approximate surface area is 79.9 Å². The van der Waals surface area contributed by atoms with E-state index in [2.05, 4.69) is 4.98 Å². The lowest BCUT2D eigenvalue weighted by atomic mass is 10.1. The van der Waals surface area contributed by atoms with Crippen LogP contribution in [0.5, 0.6) is 0 Å². The highest BCUT2D eigenvalue weighted by molar-refractivity contribution is 5.22. The highest BCUT2D eigenvalue weighted by atomic mass is 19.4. The van der Waals surface area contributed by atoms with E-state index in [0.29, 0.717) is 12.0 Å². The molecule has 0 aliphatic heterocycles. The fraction of sp³-hybridized carbons (Fsp3) is 0.444. The third-order valence-electron chi connectivity index (χ3n) is 1.95. The van der Waals surface area contributed by atoms with Gasteiger partial charge in [0, 0.05) is 18.4 Å². The second-order valence-corrected chi connectivity index (χ2v) is 3.02. The van der Waals surface area contributed by atoms with Crippen LogP contribution in [-0.2, 0) is 6.18 Å². The van der Waals surface area contributed by atoms with Crippen molar-refractivity contribution < 1.29 is 13.2 Å². The Balaban J connectivity index is 3.01. The van der Waals surface area contributed by atoms with E-state index in [1.54, 1.807) is 0 Å². The highest BCUT2D eigenvalue weighted by Crippen LogP contribution is 2.29. The zero-order valence-electron chi connectivity index (χ0n) is 7.67. The molecule has 1 aromatic rings. The Morgan fingerprint density at radius 2 is 2.07 bits per heavy atom. The molecule has 0 unspecified atom stereocenters. The molecule has 1 aromatic heterocycles. The number of nitrogens with zero attached hydrogens (tertiary/aromatic N) is 1. The average Bonchev–Trinajstić information content (AvgIpc) is 2.15. The van der Waals surface area contributed by atoms with Crippen LogP contribution in [0.15, 0.2) is 18.5 Å². The van der Waals surface area contributed by atoms with Gasteiger partial charge in [-0.3, -0.25) is 4.98 Å². The van der Waals surface area contributed by atoms with Gasteiger partial charge in [-0.2, -0.15) is 13.2 Å². The zero-order valence-corrected chi connectivity index (χ0v) is 7.67. The lowest BCUT2D eigenvalue weighted by molar-refractivity contribution is -0.137.